The Morgan fingerprint density at radius 3 is 2.29 bits per heavy atom. The number of rotatable bonds is 11. The third-order valence-corrected chi connectivity index (χ3v) is 6.42. The minimum atomic E-state index is -0.126. The van der Waals surface area contributed by atoms with Crippen molar-refractivity contribution in [1.82, 2.24) is 5.32 Å². The predicted octanol–water partition coefficient (Wildman–Crippen LogP) is 4.93. The Labute approximate surface area is 206 Å². The van der Waals surface area contributed by atoms with Crippen molar-refractivity contribution in [3.8, 4) is 5.75 Å². The highest BCUT2D eigenvalue weighted by Crippen LogP contribution is 2.26. The molecule has 0 unspecified atom stereocenters. The standard InChI is InChI=1S/C29H33NO5/c31-18-19-34-25-13-15-27(16-14-25)35-26-11-9-22(10-12-26)28(32)6-3-17-30-29(33)24-8-7-21-4-1-2-5-23(21)20-24/h1-2,4-5,7-12,20,25,27,31H,3,6,13-19H2,(H,30,33). The molecule has 0 atom stereocenters. The van der Waals surface area contributed by atoms with E-state index in [4.69, 9.17) is 14.6 Å². The van der Waals surface area contributed by atoms with Crippen molar-refractivity contribution in [2.24, 2.45) is 0 Å². The van der Waals surface area contributed by atoms with Gasteiger partial charge in [0.15, 0.2) is 5.78 Å². The van der Waals surface area contributed by atoms with E-state index in [1.54, 1.807) is 12.1 Å². The molecule has 6 heteroatoms. The highest BCUT2D eigenvalue weighted by atomic mass is 16.5. The smallest absolute Gasteiger partial charge is 0.251 e. The maximum Gasteiger partial charge on any atom is 0.251 e. The lowest BCUT2D eigenvalue weighted by Gasteiger charge is -2.28. The Kier molecular flexibility index (Phi) is 8.87. The van der Waals surface area contributed by atoms with Gasteiger partial charge in [-0.3, -0.25) is 9.59 Å². The monoisotopic (exact) mass is 475 g/mol. The van der Waals surface area contributed by atoms with E-state index in [-0.39, 0.29) is 30.5 Å². The molecule has 0 bridgehead atoms. The van der Waals surface area contributed by atoms with Crippen molar-refractivity contribution in [3.63, 3.8) is 0 Å². The highest BCUT2D eigenvalue weighted by molar-refractivity contribution is 5.98. The summed E-state index contributed by atoms with van der Waals surface area (Å²) in [7, 11) is 0. The number of aliphatic hydroxyl groups excluding tert-OH is 1. The second-order valence-corrected chi connectivity index (χ2v) is 8.98. The maximum absolute atomic E-state index is 12.5. The zero-order chi connectivity index (χ0) is 24.5. The molecule has 4 rings (SSSR count). The number of hydrogen-bond donors (Lipinski definition) is 2. The average molecular weight is 476 g/mol. The number of nitrogens with one attached hydrogen (secondary N) is 1. The number of Topliss-reactive ketones (excluding diaryl/α,β-unsaturated/α-hetero) is 1. The van der Waals surface area contributed by atoms with Crippen molar-refractivity contribution in [2.45, 2.75) is 50.7 Å². The van der Waals surface area contributed by atoms with Crippen LogP contribution in [0.4, 0.5) is 0 Å². The van der Waals surface area contributed by atoms with Crippen LogP contribution in [0, 0.1) is 0 Å². The highest BCUT2D eigenvalue weighted by Gasteiger charge is 2.22. The molecule has 0 heterocycles. The summed E-state index contributed by atoms with van der Waals surface area (Å²) in [6.07, 6.45) is 5.01. The maximum atomic E-state index is 12.5. The van der Waals surface area contributed by atoms with E-state index in [9.17, 15) is 9.59 Å². The number of carbonyl (C=O) groups excluding carboxylic acids is 2. The number of aliphatic hydroxyl groups is 1. The average Bonchev–Trinajstić information content (AvgIpc) is 2.90. The first-order valence-corrected chi connectivity index (χ1v) is 12.4. The van der Waals surface area contributed by atoms with Gasteiger partial charge >= 0.3 is 0 Å². The van der Waals surface area contributed by atoms with E-state index >= 15 is 0 Å². The molecule has 1 aliphatic rings. The molecule has 1 amide bonds. The molecule has 35 heavy (non-hydrogen) atoms. The van der Waals surface area contributed by atoms with Crippen LogP contribution < -0.4 is 10.1 Å². The minimum absolute atomic E-state index is 0.0537. The first kappa shape index (κ1) is 24.9. The van der Waals surface area contributed by atoms with Gasteiger partial charge in [0, 0.05) is 24.1 Å². The fraction of sp³-hybridized carbons (Fsp3) is 0.379. The summed E-state index contributed by atoms with van der Waals surface area (Å²) in [4.78, 5) is 25.0. The molecule has 0 radical (unpaired) electrons. The molecule has 0 aliphatic heterocycles. The van der Waals surface area contributed by atoms with Gasteiger partial charge in [-0.15, -0.1) is 0 Å². The first-order valence-electron chi connectivity index (χ1n) is 12.4. The Morgan fingerprint density at radius 2 is 1.54 bits per heavy atom. The molecule has 0 spiro atoms. The van der Waals surface area contributed by atoms with Gasteiger partial charge < -0.3 is 19.9 Å². The Bertz CT molecular complexity index is 1120. The third-order valence-electron chi connectivity index (χ3n) is 6.42. The predicted molar refractivity (Wildman–Crippen MR) is 136 cm³/mol. The Balaban J connectivity index is 1.17. The molecular formula is C29H33NO5. The second kappa shape index (κ2) is 12.5. The van der Waals surface area contributed by atoms with Crippen LogP contribution in [0.1, 0.15) is 59.2 Å². The zero-order valence-electron chi connectivity index (χ0n) is 19.9. The van der Waals surface area contributed by atoms with E-state index < -0.39 is 0 Å². The number of benzene rings is 3. The molecule has 1 fully saturated rings. The van der Waals surface area contributed by atoms with Gasteiger partial charge in [0.05, 0.1) is 25.4 Å². The van der Waals surface area contributed by atoms with Crippen LogP contribution in [0.25, 0.3) is 10.8 Å². The molecule has 2 N–H and O–H groups in total. The molecule has 1 aliphatic carbocycles. The number of fused-ring (bicyclic) bond motifs is 1. The number of ether oxygens (including phenoxy) is 2. The summed E-state index contributed by atoms with van der Waals surface area (Å²) in [5.41, 5.74) is 1.27. The fourth-order valence-corrected chi connectivity index (χ4v) is 4.48. The van der Waals surface area contributed by atoms with Crippen molar-refractivity contribution in [3.05, 3.63) is 77.9 Å². The van der Waals surface area contributed by atoms with Crippen LogP contribution in [-0.4, -0.2) is 48.8 Å². The number of carbonyl (C=O) groups is 2. The third kappa shape index (κ3) is 7.13. The summed E-state index contributed by atoms with van der Waals surface area (Å²) in [5.74, 6) is 0.695. The van der Waals surface area contributed by atoms with Gasteiger partial charge in [-0.05, 0) is 79.3 Å². The van der Waals surface area contributed by atoms with E-state index in [1.165, 1.54) is 0 Å². The molecule has 0 aromatic heterocycles. The Morgan fingerprint density at radius 1 is 0.857 bits per heavy atom. The molecule has 0 saturated heterocycles. The lowest BCUT2D eigenvalue weighted by atomic mass is 9.95. The van der Waals surface area contributed by atoms with Crippen LogP contribution in [0.3, 0.4) is 0 Å². The van der Waals surface area contributed by atoms with Gasteiger partial charge in [-0.25, -0.2) is 0 Å². The van der Waals surface area contributed by atoms with Gasteiger partial charge in [0.2, 0.25) is 0 Å². The van der Waals surface area contributed by atoms with Gasteiger partial charge in [-0.1, -0.05) is 30.3 Å². The van der Waals surface area contributed by atoms with Crippen LogP contribution in [0.2, 0.25) is 0 Å². The lowest BCUT2D eigenvalue weighted by Crippen LogP contribution is -2.29. The molecule has 3 aromatic rings. The second-order valence-electron chi connectivity index (χ2n) is 8.98. The summed E-state index contributed by atoms with van der Waals surface area (Å²) in [5, 5.41) is 13.9. The lowest BCUT2D eigenvalue weighted by molar-refractivity contribution is -0.0112. The SMILES string of the molecule is O=C(CCCNC(=O)c1ccc2ccccc2c1)c1ccc(OC2CCC(OCCO)CC2)cc1. The van der Waals surface area contributed by atoms with Gasteiger partial charge in [-0.2, -0.15) is 0 Å². The number of amides is 1. The van der Waals surface area contributed by atoms with Gasteiger partial charge in [0.25, 0.3) is 5.91 Å². The van der Waals surface area contributed by atoms with E-state index in [1.807, 2.05) is 54.6 Å². The van der Waals surface area contributed by atoms with Crippen LogP contribution in [0.5, 0.6) is 5.75 Å². The topological polar surface area (TPSA) is 84.9 Å². The molecular weight excluding hydrogens is 442 g/mol. The van der Waals surface area contributed by atoms with Crippen LogP contribution >= 0.6 is 0 Å². The van der Waals surface area contributed by atoms with Crippen molar-refractivity contribution >= 4 is 22.5 Å². The summed E-state index contributed by atoms with van der Waals surface area (Å²) >= 11 is 0. The number of ketones is 1. The minimum Gasteiger partial charge on any atom is -0.490 e. The fourth-order valence-electron chi connectivity index (χ4n) is 4.48. The van der Waals surface area contributed by atoms with Gasteiger partial charge in [0.1, 0.15) is 5.75 Å². The van der Waals surface area contributed by atoms with Crippen LogP contribution in [0.15, 0.2) is 66.7 Å². The summed E-state index contributed by atoms with van der Waals surface area (Å²) in [6, 6.07) is 20.9. The molecule has 1 saturated carbocycles. The summed E-state index contributed by atoms with van der Waals surface area (Å²) < 4.78 is 11.7. The molecule has 6 nitrogen and oxygen atoms in total. The van der Waals surface area contributed by atoms with Crippen molar-refractivity contribution in [1.29, 1.82) is 0 Å². The van der Waals surface area contributed by atoms with Crippen molar-refractivity contribution < 1.29 is 24.2 Å². The summed E-state index contributed by atoms with van der Waals surface area (Å²) in [6.45, 7) is 0.896. The largest absolute Gasteiger partial charge is 0.490 e. The van der Waals surface area contributed by atoms with E-state index in [2.05, 4.69) is 5.32 Å². The quantitative estimate of drug-likeness (QED) is 0.303. The first-order chi connectivity index (χ1) is 17.1. The molecule has 3 aromatic carbocycles. The van der Waals surface area contributed by atoms with Crippen molar-refractivity contribution in [2.75, 3.05) is 19.8 Å². The van der Waals surface area contributed by atoms with E-state index in [0.717, 1.165) is 42.2 Å². The normalized spacial score (nSPS) is 17.7. The zero-order valence-corrected chi connectivity index (χ0v) is 19.9. The van der Waals surface area contributed by atoms with E-state index in [0.29, 0.717) is 37.1 Å². The number of hydrogen-bond acceptors (Lipinski definition) is 5. The Hall–Kier alpha value is -3.22. The van der Waals surface area contributed by atoms with Crippen LogP contribution in [-0.2, 0) is 4.74 Å². The molecule has 184 valence electrons.